The van der Waals surface area contributed by atoms with Crippen LogP contribution in [0.3, 0.4) is 0 Å². The number of cyclic esters (lactones) is 1. The fourth-order valence-corrected chi connectivity index (χ4v) is 12.0. The lowest BCUT2D eigenvalue weighted by molar-refractivity contribution is -0.167. The van der Waals surface area contributed by atoms with Gasteiger partial charge in [0.1, 0.15) is 49.2 Å². The molecule has 1 aliphatic rings. The molecule has 0 spiro atoms. The van der Waals surface area contributed by atoms with Gasteiger partial charge in [-0.05, 0) is 100 Å². The van der Waals surface area contributed by atoms with E-state index in [-0.39, 0.29) is 81.0 Å². The van der Waals surface area contributed by atoms with Gasteiger partial charge in [0, 0.05) is 36.8 Å². The summed E-state index contributed by atoms with van der Waals surface area (Å²) in [5, 5.41) is 0. The first-order valence-electron chi connectivity index (χ1n) is 35.6. The summed E-state index contributed by atoms with van der Waals surface area (Å²) >= 11 is 0. The predicted molar refractivity (Wildman–Crippen MR) is 359 cm³/mol. The van der Waals surface area contributed by atoms with E-state index in [9.17, 15) is 28.8 Å². The fraction of sp³-hybridized carbons (Fsp3) is 0.737. The minimum Gasteiger partial charge on any atom is -0.496 e. The molecule has 14 nitrogen and oxygen atoms in total. The highest BCUT2D eigenvalue weighted by Gasteiger charge is 2.33. The SMILES string of the molecule is CCCCCCCCCCCCCCCC(=O)OCC(COC(=O)CCCCCCCCCCCCCCC)OC(=O)CC(C)CCCCCCCC(C)C(=O)Oc1c(C)cc(COc2c(CC=C(C)CCC(=O)OC)c(OC)c(C)c3c2C(=O)OC3)cc1C. The quantitative estimate of drug-likeness (QED) is 0.0201. The summed E-state index contributed by atoms with van der Waals surface area (Å²) in [7, 11) is 2.97. The van der Waals surface area contributed by atoms with Crippen LogP contribution in [-0.2, 0) is 67.3 Å². The van der Waals surface area contributed by atoms with Gasteiger partial charge in [-0.25, -0.2) is 4.79 Å². The normalized spacial score (nSPS) is 12.8. The van der Waals surface area contributed by atoms with Crippen LogP contribution in [0, 0.1) is 32.6 Å². The van der Waals surface area contributed by atoms with Gasteiger partial charge in [-0.15, -0.1) is 0 Å². The van der Waals surface area contributed by atoms with E-state index in [0.717, 1.165) is 110 Å². The molecule has 510 valence electrons. The lowest BCUT2D eigenvalue weighted by atomic mass is 9.94. The summed E-state index contributed by atoms with van der Waals surface area (Å²) in [6.07, 6.45) is 41.4. The summed E-state index contributed by atoms with van der Waals surface area (Å²) < 4.78 is 45.8. The van der Waals surface area contributed by atoms with Crippen molar-refractivity contribution in [2.45, 2.75) is 325 Å². The van der Waals surface area contributed by atoms with Gasteiger partial charge in [0.05, 0.1) is 20.1 Å². The Hall–Kier alpha value is -5.40. The lowest BCUT2D eigenvalue weighted by Gasteiger charge is -2.20. The number of benzene rings is 2. The summed E-state index contributed by atoms with van der Waals surface area (Å²) in [5.74, 6) is -0.701. The van der Waals surface area contributed by atoms with E-state index in [1.807, 2.05) is 59.8 Å². The summed E-state index contributed by atoms with van der Waals surface area (Å²) in [6.45, 7) is 16.1. The molecule has 0 bridgehead atoms. The van der Waals surface area contributed by atoms with E-state index < -0.39 is 12.1 Å². The molecular formula is C76H122O14. The smallest absolute Gasteiger partial charge is 0.342 e. The zero-order valence-corrected chi connectivity index (χ0v) is 58.1. The highest BCUT2D eigenvalue weighted by atomic mass is 16.6. The maximum Gasteiger partial charge on any atom is 0.342 e. The average Bonchev–Trinajstić information content (AvgIpc) is 1.50. The van der Waals surface area contributed by atoms with Crippen LogP contribution in [0.15, 0.2) is 23.8 Å². The molecule has 0 aromatic heterocycles. The number of unbranched alkanes of at least 4 members (excludes halogenated alkanes) is 28. The molecule has 0 aliphatic carbocycles. The number of methoxy groups -OCH3 is 2. The summed E-state index contributed by atoms with van der Waals surface area (Å²) in [5.41, 5.74) is 6.07. The third-order valence-corrected chi connectivity index (χ3v) is 17.7. The molecule has 0 amide bonds. The summed E-state index contributed by atoms with van der Waals surface area (Å²) in [6, 6.07) is 3.87. The third kappa shape index (κ3) is 33.3. The Morgan fingerprint density at radius 3 is 1.50 bits per heavy atom. The molecule has 2 atom stereocenters. The summed E-state index contributed by atoms with van der Waals surface area (Å²) in [4.78, 5) is 77.3. The number of hydrogen-bond donors (Lipinski definition) is 0. The Kier molecular flexibility index (Phi) is 42.4. The number of carbonyl (C=O) groups excluding carboxylic acids is 6. The van der Waals surface area contributed by atoms with E-state index in [0.29, 0.717) is 60.5 Å². The maximum absolute atomic E-state index is 13.4. The van der Waals surface area contributed by atoms with Crippen molar-refractivity contribution in [1.82, 2.24) is 0 Å². The number of carbonyl (C=O) groups is 6. The number of allylic oxidation sites excluding steroid dienone is 2. The van der Waals surface area contributed by atoms with Crippen LogP contribution in [0.1, 0.15) is 322 Å². The third-order valence-electron chi connectivity index (χ3n) is 17.7. The molecule has 1 heterocycles. The molecule has 3 rings (SSSR count). The van der Waals surface area contributed by atoms with Crippen molar-refractivity contribution in [2.24, 2.45) is 11.8 Å². The van der Waals surface area contributed by atoms with Crippen molar-refractivity contribution in [3.05, 3.63) is 62.7 Å². The van der Waals surface area contributed by atoms with Crippen LogP contribution in [0.25, 0.3) is 0 Å². The zero-order chi connectivity index (χ0) is 65.7. The molecule has 14 heteroatoms. The Labute approximate surface area is 544 Å². The van der Waals surface area contributed by atoms with Gasteiger partial charge in [0.15, 0.2) is 6.10 Å². The van der Waals surface area contributed by atoms with E-state index in [4.69, 9.17) is 37.9 Å². The maximum atomic E-state index is 13.4. The molecule has 2 aromatic carbocycles. The van der Waals surface area contributed by atoms with Crippen LogP contribution in [0.4, 0.5) is 0 Å². The van der Waals surface area contributed by atoms with E-state index >= 15 is 0 Å². The minimum atomic E-state index is -0.858. The number of hydrogen-bond acceptors (Lipinski definition) is 14. The van der Waals surface area contributed by atoms with Crippen LogP contribution in [-0.4, -0.2) is 69.4 Å². The molecular weight excluding hydrogens is 1140 g/mol. The Bertz CT molecular complexity index is 2350. The molecule has 0 saturated carbocycles. The molecule has 1 aliphatic heterocycles. The second-order valence-corrected chi connectivity index (χ2v) is 26.0. The highest BCUT2D eigenvalue weighted by molar-refractivity contribution is 5.98. The van der Waals surface area contributed by atoms with Crippen molar-refractivity contribution in [3.8, 4) is 17.2 Å². The molecule has 2 unspecified atom stereocenters. The number of ether oxygens (including phenoxy) is 8. The topological polar surface area (TPSA) is 176 Å². The predicted octanol–water partition coefficient (Wildman–Crippen LogP) is 19.6. The van der Waals surface area contributed by atoms with Crippen molar-refractivity contribution >= 4 is 35.8 Å². The van der Waals surface area contributed by atoms with Gasteiger partial charge >= 0.3 is 35.8 Å². The number of esters is 6. The first kappa shape index (κ1) is 78.8. The average molecular weight is 1260 g/mol. The zero-order valence-electron chi connectivity index (χ0n) is 58.1. The van der Waals surface area contributed by atoms with Crippen molar-refractivity contribution in [2.75, 3.05) is 27.4 Å². The Morgan fingerprint density at radius 2 is 1.02 bits per heavy atom. The second kappa shape index (κ2) is 48.4. The first-order chi connectivity index (χ1) is 43.5. The first-order valence-corrected chi connectivity index (χ1v) is 35.6. The van der Waals surface area contributed by atoms with Crippen LogP contribution in [0.5, 0.6) is 17.2 Å². The largest absolute Gasteiger partial charge is 0.496 e. The number of rotatable bonds is 54. The number of aryl methyl sites for hydroxylation is 2. The van der Waals surface area contributed by atoms with Crippen molar-refractivity contribution in [1.29, 1.82) is 0 Å². The number of fused-ring (bicyclic) bond motifs is 1. The van der Waals surface area contributed by atoms with Gasteiger partial charge in [-0.3, -0.25) is 24.0 Å². The monoisotopic (exact) mass is 1260 g/mol. The second-order valence-electron chi connectivity index (χ2n) is 26.0. The van der Waals surface area contributed by atoms with Crippen LogP contribution in [0.2, 0.25) is 0 Å². The lowest BCUT2D eigenvalue weighted by Crippen LogP contribution is -2.31. The molecule has 2 aromatic rings. The molecule has 0 saturated heterocycles. The molecule has 0 radical (unpaired) electrons. The van der Waals surface area contributed by atoms with E-state index in [1.165, 1.54) is 136 Å². The molecule has 0 fully saturated rings. The fourth-order valence-electron chi connectivity index (χ4n) is 12.0. The van der Waals surface area contributed by atoms with Gasteiger partial charge < -0.3 is 37.9 Å². The van der Waals surface area contributed by atoms with Crippen molar-refractivity contribution < 1.29 is 66.7 Å². The van der Waals surface area contributed by atoms with Gasteiger partial charge in [0.2, 0.25) is 0 Å². The van der Waals surface area contributed by atoms with Crippen LogP contribution < -0.4 is 14.2 Å². The van der Waals surface area contributed by atoms with Crippen LogP contribution >= 0.6 is 0 Å². The molecule has 90 heavy (non-hydrogen) atoms. The minimum absolute atomic E-state index is 0.0819. The highest BCUT2D eigenvalue weighted by Crippen LogP contribution is 2.43. The Morgan fingerprint density at radius 1 is 0.556 bits per heavy atom. The van der Waals surface area contributed by atoms with Gasteiger partial charge in [0.25, 0.3) is 0 Å². The standard InChI is InChI=1S/C76H122O14/c1-11-13-15-17-19-21-23-25-27-29-31-36-40-44-68(78)85-54-64(55-86-69(79)45-41-37-32-30-28-26-24-22-20-18-16-14-12-2)89-70(80)50-58(4)42-38-34-33-35-39-43-59(5)75(81)90-72-60(6)51-63(52-61(72)7)53-87-74-65(48-46-57(3)47-49-67(77)83-9)73(84-10)62(8)66-56-88-76(82)71(66)74/h46,51-52,58-59,64H,11-45,47-50,53-56H2,1-10H3. The van der Waals surface area contributed by atoms with E-state index in [1.54, 1.807) is 7.11 Å². The molecule has 0 N–H and O–H groups in total. The van der Waals surface area contributed by atoms with Crippen molar-refractivity contribution in [3.63, 3.8) is 0 Å². The van der Waals surface area contributed by atoms with E-state index in [2.05, 4.69) is 13.8 Å². The Balaban J connectivity index is 1.41. The van der Waals surface area contributed by atoms with Gasteiger partial charge in [-0.2, -0.15) is 0 Å². The van der Waals surface area contributed by atoms with Gasteiger partial charge in [-0.1, -0.05) is 232 Å².